The van der Waals surface area contributed by atoms with Crippen molar-refractivity contribution in [3.05, 3.63) is 41.8 Å². The van der Waals surface area contributed by atoms with Gasteiger partial charge in [-0.2, -0.15) is 0 Å². The lowest BCUT2D eigenvalue weighted by Gasteiger charge is -2.07. The zero-order valence-electron chi connectivity index (χ0n) is 8.98. The van der Waals surface area contributed by atoms with Gasteiger partial charge < -0.3 is 9.15 Å². The number of ether oxygens (including phenoxy) is 1. The zero-order chi connectivity index (χ0) is 13.0. The van der Waals surface area contributed by atoms with Crippen molar-refractivity contribution in [3.63, 3.8) is 0 Å². The zero-order valence-corrected chi connectivity index (χ0v) is 14.1. The van der Waals surface area contributed by atoms with Crippen LogP contribution < -0.4 is 10.5 Å². The minimum Gasteiger partial charge on any atom is -0.482 e. The topological polar surface area (TPSA) is 68.1 Å². The molecule has 0 fully saturated rings. The third-order valence-corrected chi connectivity index (χ3v) is 5.70. The molecule has 1 heterocycles. The molecule has 0 spiro atoms. The van der Waals surface area contributed by atoms with Crippen molar-refractivity contribution < 1.29 is 9.15 Å². The highest BCUT2D eigenvalue weighted by Crippen LogP contribution is 2.26. The van der Waals surface area contributed by atoms with Crippen LogP contribution >= 0.6 is 56.9 Å². The molecule has 96 valence electrons. The Morgan fingerprint density at radius 2 is 2.28 bits per heavy atom. The maximum atomic E-state index is 10.7. The summed E-state index contributed by atoms with van der Waals surface area (Å²) in [5, 5.41) is 5.92. The first-order chi connectivity index (χ1) is 8.66. The molecule has 0 unspecified atom stereocenters. The van der Waals surface area contributed by atoms with E-state index in [0.717, 1.165) is 12.9 Å². The molecule has 0 aliphatic carbocycles. The average molecular weight is 490 g/mol. The molecule has 0 amide bonds. The molecule has 0 atom stereocenters. The van der Waals surface area contributed by atoms with Crippen LogP contribution in [0.25, 0.3) is 0 Å². The fourth-order valence-electron chi connectivity index (χ4n) is 1.15. The normalized spacial score (nSPS) is 10.6. The van der Waals surface area contributed by atoms with Crippen molar-refractivity contribution in [2.75, 3.05) is 5.94 Å². The molecule has 0 aliphatic rings. The molecule has 18 heavy (non-hydrogen) atoms. The summed E-state index contributed by atoms with van der Waals surface area (Å²) in [4.78, 5) is 10.7. The maximum absolute atomic E-state index is 10.7. The van der Waals surface area contributed by atoms with Crippen LogP contribution in [0.15, 0.2) is 27.4 Å². The molecule has 8 heteroatoms. The second-order valence-electron chi connectivity index (χ2n) is 3.17. The molecule has 1 N–H and O–H groups in total. The number of nitrogens with zero attached hydrogens (tertiary/aromatic N) is 1. The van der Waals surface area contributed by atoms with Gasteiger partial charge in [0.15, 0.2) is 0 Å². The Balaban J connectivity index is 1.82. The van der Waals surface area contributed by atoms with Crippen LogP contribution in [0.3, 0.4) is 0 Å². The summed E-state index contributed by atoms with van der Waals surface area (Å²) < 4.78 is 12.7. The highest BCUT2D eigenvalue weighted by Gasteiger charge is 2.05. The molecule has 1 aromatic heterocycles. The lowest BCUT2D eigenvalue weighted by atomic mass is 10.3. The molecule has 1 aromatic carbocycles. The number of nitrogens with one attached hydrogen (secondary N) is 1. The van der Waals surface area contributed by atoms with Crippen LogP contribution in [0.2, 0.25) is 0 Å². The standard InChI is InChI=1S/C10H8I2N2O3S/c11-6-2-1-3-7(9(6)12)16-5-18-4-8-13-14-10(15)17-8/h1-3H,4-5H2,(H,14,15). The van der Waals surface area contributed by atoms with Gasteiger partial charge in [0.25, 0.3) is 0 Å². The maximum Gasteiger partial charge on any atom is 0.434 e. The summed E-state index contributed by atoms with van der Waals surface area (Å²) in [6.45, 7) is 0. The molecule has 5 nitrogen and oxygen atoms in total. The van der Waals surface area contributed by atoms with Crippen molar-refractivity contribution in [2.45, 2.75) is 5.75 Å². The molecule has 0 saturated carbocycles. The van der Waals surface area contributed by atoms with E-state index in [-0.39, 0.29) is 0 Å². The van der Waals surface area contributed by atoms with Crippen molar-refractivity contribution in [1.29, 1.82) is 0 Å². The minimum atomic E-state index is -0.529. The first-order valence-corrected chi connectivity index (χ1v) is 8.17. The molecular formula is C10H8I2N2O3S. The van der Waals surface area contributed by atoms with Gasteiger partial charge in [0.1, 0.15) is 11.7 Å². The van der Waals surface area contributed by atoms with Crippen molar-refractivity contribution in [3.8, 4) is 5.75 Å². The summed E-state index contributed by atoms with van der Waals surface area (Å²) in [5.41, 5.74) is 0. The highest BCUT2D eigenvalue weighted by atomic mass is 127. The quantitative estimate of drug-likeness (QED) is 0.397. The lowest BCUT2D eigenvalue weighted by molar-refractivity contribution is 0.389. The van der Waals surface area contributed by atoms with Gasteiger partial charge in [0.05, 0.1) is 9.32 Å². The Hall–Kier alpha value is -0.230. The van der Waals surface area contributed by atoms with Gasteiger partial charge in [0, 0.05) is 3.57 Å². The Morgan fingerprint density at radius 3 is 3.00 bits per heavy atom. The third-order valence-electron chi connectivity index (χ3n) is 1.92. The van der Waals surface area contributed by atoms with Crippen LogP contribution in [0.1, 0.15) is 5.89 Å². The molecule has 0 aliphatic heterocycles. The fourth-order valence-corrected chi connectivity index (χ4v) is 2.73. The number of aromatic amines is 1. The monoisotopic (exact) mass is 490 g/mol. The predicted octanol–water partition coefficient (Wildman–Crippen LogP) is 2.84. The van der Waals surface area contributed by atoms with E-state index in [1.54, 1.807) is 0 Å². The molecule has 2 rings (SSSR count). The third kappa shape index (κ3) is 3.88. The van der Waals surface area contributed by atoms with Crippen molar-refractivity contribution >= 4 is 56.9 Å². The van der Waals surface area contributed by atoms with Crippen LogP contribution in [0, 0.1) is 7.14 Å². The van der Waals surface area contributed by atoms with Gasteiger partial charge in [-0.25, -0.2) is 9.89 Å². The number of hydrogen-bond acceptors (Lipinski definition) is 5. The van der Waals surface area contributed by atoms with E-state index in [2.05, 4.69) is 55.4 Å². The van der Waals surface area contributed by atoms with E-state index in [4.69, 9.17) is 9.15 Å². The van der Waals surface area contributed by atoms with E-state index < -0.39 is 5.76 Å². The first-order valence-electron chi connectivity index (χ1n) is 4.86. The number of thioether (sulfide) groups is 1. The highest BCUT2D eigenvalue weighted by molar-refractivity contribution is 14.1. The van der Waals surface area contributed by atoms with E-state index in [1.807, 2.05) is 18.2 Å². The largest absolute Gasteiger partial charge is 0.482 e. The molecule has 0 saturated heterocycles. The molecule has 0 radical (unpaired) electrons. The average Bonchev–Trinajstić information content (AvgIpc) is 2.76. The molecular weight excluding hydrogens is 482 g/mol. The van der Waals surface area contributed by atoms with Gasteiger partial charge in [-0.1, -0.05) is 6.07 Å². The summed E-state index contributed by atoms with van der Waals surface area (Å²) >= 11 is 6.00. The van der Waals surface area contributed by atoms with Gasteiger partial charge >= 0.3 is 5.76 Å². The van der Waals surface area contributed by atoms with E-state index in [1.165, 1.54) is 11.8 Å². The van der Waals surface area contributed by atoms with Crippen LogP contribution in [0.4, 0.5) is 0 Å². The number of halogens is 2. The number of H-pyrrole nitrogens is 1. The van der Waals surface area contributed by atoms with Gasteiger partial charge in [0.2, 0.25) is 5.89 Å². The van der Waals surface area contributed by atoms with E-state index in [0.29, 0.717) is 17.6 Å². The number of hydrogen-bond donors (Lipinski definition) is 1. The summed E-state index contributed by atoms with van der Waals surface area (Å²) in [6, 6.07) is 5.91. The van der Waals surface area contributed by atoms with Crippen molar-refractivity contribution in [2.24, 2.45) is 0 Å². The number of aromatic nitrogens is 2. The summed E-state index contributed by atoms with van der Waals surface area (Å²) in [6.07, 6.45) is 0. The van der Waals surface area contributed by atoms with Gasteiger partial charge in [-0.05, 0) is 57.3 Å². The summed E-state index contributed by atoms with van der Waals surface area (Å²) in [5.74, 6) is 1.69. The molecule has 2 aromatic rings. The number of benzene rings is 1. The van der Waals surface area contributed by atoms with Gasteiger partial charge in [-0.3, -0.25) is 0 Å². The first kappa shape index (κ1) is 14.2. The Bertz CT molecular complexity index is 584. The minimum absolute atomic E-state index is 0.380. The lowest BCUT2D eigenvalue weighted by Crippen LogP contribution is -1.97. The Labute approximate surface area is 134 Å². The smallest absolute Gasteiger partial charge is 0.434 e. The molecule has 0 bridgehead atoms. The predicted molar refractivity (Wildman–Crippen MR) is 85.8 cm³/mol. The Morgan fingerprint density at radius 1 is 1.44 bits per heavy atom. The van der Waals surface area contributed by atoms with E-state index >= 15 is 0 Å². The van der Waals surface area contributed by atoms with Crippen LogP contribution in [-0.4, -0.2) is 16.1 Å². The van der Waals surface area contributed by atoms with Crippen LogP contribution in [0.5, 0.6) is 5.75 Å². The van der Waals surface area contributed by atoms with Gasteiger partial charge in [-0.15, -0.1) is 16.9 Å². The van der Waals surface area contributed by atoms with Crippen molar-refractivity contribution in [1.82, 2.24) is 10.2 Å². The SMILES string of the molecule is O=c1[nH]nc(CSCOc2cccc(I)c2I)o1. The fraction of sp³-hybridized carbons (Fsp3) is 0.200. The Kier molecular flexibility index (Phi) is 5.36. The van der Waals surface area contributed by atoms with E-state index in [9.17, 15) is 4.79 Å². The second-order valence-corrected chi connectivity index (χ2v) is 6.34. The van der Waals surface area contributed by atoms with Crippen LogP contribution in [-0.2, 0) is 5.75 Å². The summed E-state index contributed by atoms with van der Waals surface area (Å²) in [7, 11) is 0. The second kappa shape index (κ2) is 6.80. The number of rotatable bonds is 5.